The summed E-state index contributed by atoms with van der Waals surface area (Å²) in [7, 11) is 0. The maximum atomic E-state index is 12.9. The molecule has 0 unspecified atom stereocenters. The Morgan fingerprint density at radius 3 is 2.87 bits per heavy atom. The van der Waals surface area contributed by atoms with E-state index in [2.05, 4.69) is 10.1 Å². The van der Waals surface area contributed by atoms with Gasteiger partial charge in [0.05, 0.1) is 24.5 Å². The van der Waals surface area contributed by atoms with Gasteiger partial charge in [0.25, 0.3) is 11.8 Å². The molecule has 7 nitrogen and oxygen atoms in total. The van der Waals surface area contributed by atoms with Crippen LogP contribution in [-0.2, 0) is 4.74 Å². The van der Waals surface area contributed by atoms with Gasteiger partial charge in [-0.2, -0.15) is 4.98 Å². The number of furan rings is 1. The van der Waals surface area contributed by atoms with Crippen molar-refractivity contribution in [2.75, 3.05) is 13.1 Å². The van der Waals surface area contributed by atoms with Crippen LogP contribution in [0.3, 0.4) is 0 Å². The van der Waals surface area contributed by atoms with Crippen molar-refractivity contribution < 1.29 is 18.5 Å². The van der Waals surface area contributed by atoms with Gasteiger partial charge in [0.15, 0.2) is 11.9 Å². The van der Waals surface area contributed by atoms with Crippen LogP contribution >= 0.6 is 0 Å². The van der Waals surface area contributed by atoms with E-state index in [1.807, 2.05) is 6.92 Å². The molecule has 0 N–H and O–H groups in total. The molecule has 23 heavy (non-hydrogen) atoms. The molecule has 1 saturated carbocycles. The second-order valence-corrected chi connectivity index (χ2v) is 6.30. The molecule has 1 aliphatic carbocycles. The van der Waals surface area contributed by atoms with Crippen LogP contribution < -0.4 is 0 Å². The smallest absolute Gasteiger partial charge is 0.257 e. The third-order valence-electron chi connectivity index (χ3n) is 4.24. The SMILES string of the molecule is Cc1noc([C@H]2CN(C(=O)c3ccoc3C3CC3)C[C@@H](C)O2)n1. The Balaban J connectivity index is 1.55. The van der Waals surface area contributed by atoms with Crippen molar-refractivity contribution in [1.29, 1.82) is 0 Å². The van der Waals surface area contributed by atoms with Gasteiger partial charge >= 0.3 is 0 Å². The summed E-state index contributed by atoms with van der Waals surface area (Å²) in [5.41, 5.74) is 0.669. The van der Waals surface area contributed by atoms with E-state index in [1.54, 1.807) is 24.2 Å². The van der Waals surface area contributed by atoms with E-state index in [-0.39, 0.29) is 18.1 Å². The predicted octanol–water partition coefficient (Wildman–Crippen LogP) is 2.45. The summed E-state index contributed by atoms with van der Waals surface area (Å²) in [5, 5.41) is 3.80. The number of rotatable bonds is 3. The van der Waals surface area contributed by atoms with Crippen LogP contribution in [0, 0.1) is 6.92 Å². The second kappa shape index (κ2) is 5.49. The summed E-state index contributed by atoms with van der Waals surface area (Å²) >= 11 is 0. The van der Waals surface area contributed by atoms with Crippen LogP contribution in [0.25, 0.3) is 0 Å². The molecule has 0 spiro atoms. The fraction of sp³-hybridized carbons (Fsp3) is 0.562. The highest BCUT2D eigenvalue weighted by Crippen LogP contribution is 2.42. The minimum Gasteiger partial charge on any atom is -0.468 e. The molecule has 2 aliphatic rings. The van der Waals surface area contributed by atoms with Gasteiger partial charge < -0.3 is 18.6 Å². The molecule has 1 amide bonds. The first kappa shape index (κ1) is 14.4. The van der Waals surface area contributed by atoms with Gasteiger partial charge in [-0.15, -0.1) is 0 Å². The largest absolute Gasteiger partial charge is 0.468 e. The van der Waals surface area contributed by atoms with E-state index >= 15 is 0 Å². The highest BCUT2D eigenvalue weighted by molar-refractivity contribution is 5.95. The van der Waals surface area contributed by atoms with Crippen LogP contribution in [0.4, 0.5) is 0 Å². The first-order valence-electron chi connectivity index (χ1n) is 7.94. The van der Waals surface area contributed by atoms with E-state index in [0.29, 0.717) is 36.3 Å². The number of morpholine rings is 1. The Morgan fingerprint density at radius 1 is 1.35 bits per heavy atom. The highest BCUT2D eigenvalue weighted by atomic mass is 16.5. The first-order chi connectivity index (χ1) is 11.1. The van der Waals surface area contributed by atoms with Crippen LogP contribution in [0.1, 0.15) is 59.6 Å². The highest BCUT2D eigenvalue weighted by Gasteiger charge is 2.36. The van der Waals surface area contributed by atoms with Crippen LogP contribution in [0.5, 0.6) is 0 Å². The zero-order valence-electron chi connectivity index (χ0n) is 13.2. The third kappa shape index (κ3) is 2.76. The molecule has 2 atom stereocenters. The van der Waals surface area contributed by atoms with Crippen molar-refractivity contribution in [2.45, 2.75) is 44.8 Å². The number of ether oxygens (including phenoxy) is 1. The molecular formula is C16H19N3O4. The van der Waals surface area contributed by atoms with Crippen molar-refractivity contribution in [3.05, 3.63) is 35.4 Å². The Bertz CT molecular complexity index is 718. The van der Waals surface area contributed by atoms with Crippen LogP contribution in [0.15, 0.2) is 21.3 Å². The van der Waals surface area contributed by atoms with Crippen molar-refractivity contribution in [2.24, 2.45) is 0 Å². The van der Waals surface area contributed by atoms with E-state index < -0.39 is 0 Å². The number of amides is 1. The zero-order valence-corrected chi connectivity index (χ0v) is 13.2. The molecule has 2 aromatic rings. The second-order valence-electron chi connectivity index (χ2n) is 6.30. The van der Waals surface area contributed by atoms with Gasteiger partial charge in [-0.1, -0.05) is 5.16 Å². The minimum atomic E-state index is -0.389. The molecule has 4 rings (SSSR count). The lowest BCUT2D eigenvalue weighted by Gasteiger charge is -2.35. The average molecular weight is 317 g/mol. The van der Waals surface area contributed by atoms with Crippen molar-refractivity contribution in [3.8, 4) is 0 Å². The maximum absolute atomic E-state index is 12.9. The lowest BCUT2D eigenvalue weighted by atomic mass is 10.1. The minimum absolute atomic E-state index is 0.0166. The number of hydrogen-bond acceptors (Lipinski definition) is 6. The summed E-state index contributed by atoms with van der Waals surface area (Å²) in [5.74, 6) is 2.18. The maximum Gasteiger partial charge on any atom is 0.257 e. The molecule has 1 saturated heterocycles. The number of nitrogens with zero attached hydrogens (tertiary/aromatic N) is 3. The van der Waals surface area contributed by atoms with E-state index in [9.17, 15) is 4.79 Å². The number of carbonyl (C=O) groups excluding carboxylic acids is 1. The standard InChI is InChI=1S/C16H19N3O4/c1-9-7-19(8-13(22-9)15-17-10(2)18-23-15)16(20)12-5-6-21-14(12)11-3-4-11/h5-6,9,11,13H,3-4,7-8H2,1-2H3/t9-,13-/m1/s1. The number of aromatic nitrogens is 2. The fourth-order valence-corrected chi connectivity index (χ4v) is 3.03. The van der Waals surface area contributed by atoms with Gasteiger partial charge in [-0.05, 0) is 32.8 Å². The lowest BCUT2D eigenvalue weighted by molar-refractivity contribution is -0.0810. The van der Waals surface area contributed by atoms with Crippen LogP contribution in [-0.4, -0.2) is 40.1 Å². The van der Waals surface area contributed by atoms with Gasteiger partial charge in [0.2, 0.25) is 0 Å². The molecule has 0 radical (unpaired) electrons. The Kier molecular flexibility index (Phi) is 3.45. The van der Waals surface area contributed by atoms with E-state index in [4.69, 9.17) is 13.7 Å². The molecule has 1 aliphatic heterocycles. The van der Waals surface area contributed by atoms with Crippen molar-refractivity contribution in [3.63, 3.8) is 0 Å². The summed E-state index contributed by atoms with van der Waals surface area (Å²) in [4.78, 5) is 18.9. The summed E-state index contributed by atoms with van der Waals surface area (Å²) < 4.78 is 16.6. The molecule has 2 aromatic heterocycles. The topological polar surface area (TPSA) is 81.6 Å². The van der Waals surface area contributed by atoms with Gasteiger partial charge in [-0.25, -0.2) is 0 Å². The lowest BCUT2D eigenvalue weighted by Crippen LogP contribution is -2.46. The summed E-state index contributed by atoms with van der Waals surface area (Å²) in [6.07, 6.45) is 3.30. The first-order valence-corrected chi connectivity index (χ1v) is 7.94. The normalized spacial score (nSPS) is 24.9. The number of hydrogen-bond donors (Lipinski definition) is 0. The molecule has 7 heteroatoms. The molecular weight excluding hydrogens is 298 g/mol. The van der Waals surface area contributed by atoms with Gasteiger partial charge in [-0.3, -0.25) is 4.79 Å². The number of carbonyl (C=O) groups is 1. The fourth-order valence-electron chi connectivity index (χ4n) is 3.03. The van der Waals surface area contributed by atoms with Crippen molar-refractivity contribution in [1.82, 2.24) is 15.0 Å². The average Bonchev–Trinajstić information content (AvgIpc) is 3.09. The quantitative estimate of drug-likeness (QED) is 0.865. The Labute approximate surface area is 133 Å². The monoisotopic (exact) mass is 317 g/mol. The summed E-state index contributed by atoms with van der Waals surface area (Å²) in [6, 6.07) is 1.77. The molecule has 2 fully saturated rings. The van der Waals surface area contributed by atoms with E-state index in [1.165, 1.54) is 0 Å². The van der Waals surface area contributed by atoms with E-state index in [0.717, 1.165) is 18.6 Å². The van der Waals surface area contributed by atoms with Crippen molar-refractivity contribution >= 4 is 5.91 Å². The molecule has 0 bridgehead atoms. The Morgan fingerprint density at radius 2 is 2.17 bits per heavy atom. The molecule has 3 heterocycles. The molecule has 0 aromatic carbocycles. The summed E-state index contributed by atoms with van der Waals surface area (Å²) in [6.45, 7) is 4.64. The van der Waals surface area contributed by atoms with Gasteiger partial charge in [0.1, 0.15) is 5.76 Å². The van der Waals surface area contributed by atoms with Crippen LogP contribution in [0.2, 0.25) is 0 Å². The molecule has 122 valence electrons. The Hall–Kier alpha value is -2.15. The van der Waals surface area contributed by atoms with Gasteiger partial charge in [0, 0.05) is 12.5 Å². The number of aryl methyl sites for hydroxylation is 1. The third-order valence-corrected chi connectivity index (χ3v) is 4.24. The predicted molar refractivity (Wildman–Crippen MR) is 78.9 cm³/mol. The zero-order chi connectivity index (χ0) is 16.0.